The fourth-order valence-electron chi connectivity index (χ4n) is 2.28. The number of carbonyl (C=O) groups excluding carboxylic acids is 2. The van der Waals surface area contributed by atoms with Crippen LogP contribution in [0.1, 0.15) is 12.0 Å². The average molecular weight is 378 g/mol. The number of carbonyl (C=O) groups is 2. The molecule has 2 N–H and O–H groups in total. The molecule has 0 saturated heterocycles. The van der Waals surface area contributed by atoms with Crippen LogP contribution in [-0.4, -0.2) is 25.0 Å². The van der Waals surface area contributed by atoms with Gasteiger partial charge in [0.1, 0.15) is 11.6 Å². The Morgan fingerprint density at radius 1 is 1.11 bits per heavy atom. The van der Waals surface area contributed by atoms with Gasteiger partial charge in [-0.25, -0.2) is 4.39 Å². The lowest BCUT2D eigenvalue weighted by molar-refractivity contribution is -0.118. The lowest BCUT2D eigenvalue weighted by Crippen LogP contribution is -2.32. The Labute approximate surface area is 153 Å². The van der Waals surface area contributed by atoms with Gasteiger partial charge in [0.2, 0.25) is 5.91 Å². The molecule has 142 valence electrons. The topological polar surface area (TPSA) is 72.6 Å². The van der Waals surface area contributed by atoms with Crippen LogP contribution in [0.2, 0.25) is 0 Å². The largest absolute Gasteiger partial charge is 0.434 e. The number of halogens is 3. The summed E-state index contributed by atoms with van der Waals surface area (Å²) in [5, 5.41) is 0. The zero-order valence-corrected chi connectivity index (χ0v) is 14.1. The number of primary amides is 1. The van der Waals surface area contributed by atoms with Crippen molar-refractivity contribution in [1.29, 1.82) is 0 Å². The van der Waals surface area contributed by atoms with Crippen molar-refractivity contribution in [3.63, 3.8) is 0 Å². The Morgan fingerprint density at radius 2 is 1.78 bits per heavy atom. The minimum absolute atomic E-state index is 0.0146. The molecule has 0 saturated carbocycles. The summed E-state index contributed by atoms with van der Waals surface area (Å²) in [5.41, 5.74) is 5.77. The molecule has 0 aliphatic rings. The van der Waals surface area contributed by atoms with Gasteiger partial charge >= 0.3 is 6.61 Å². The summed E-state index contributed by atoms with van der Waals surface area (Å²) in [5.74, 6) is -1.69. The van der Waals surface area contributed by atoms with Gasteiger partial charge in [0.25, 0.3) is 5.91 Å². The normalized spacial score (nSPS) is 11.0. The lowest BCUT2D eigenvalue weighted by atomic mass is 10.1. The van der Waals surface area contributed by atoms with E-state index in [1.165, 1.54) is 53.4 Å². The molecule has 5 nitrogen and oxygen atoms in total. The predicted octanol–water partition coefficient (Wildman–Crippen LogP) is 3.35. The number of amides is 2. The zero-order chi connectivity index (χ0) is 19.8. The molecular weight excluding hydrogens is 361 g/mol. The van der Waals surface area contributed by atoms with Gasteiger partial charge < -0.3 is 15.4 Å². The second kappa shape index (κ2) is 9.42. The van der Waals surface area contributed by atoms with E-state index in [2.05, 4.69) is 4.74 Å². The van der Waals surface area contributed by atoms with E-state index in [1.807, 2.05) is 0 Å². The Hall–Kier alpha value is -3.29. The molecule has 27 heavy (non-hydrogen) atoms. The van der Waals surface area contributed by atoms with E-state index in [0.717, 1.165) is 6.08 Å². The molecule has 0 heterocycles. The fourth-order valence-corrected chi connectivity index (χ4v) is 2.28. The summed E-state index contributed by atoms with van der Waals surface area (Å²) in [7, 11) is 0. The number of ether oxygens (including phenoxy) is 1. The van der Waals surface area contributed by atoms with Gasteiger partial charge in [-0.1, -0.05) is 18.2 Å². The van der Waals surface area contributed by atoms with E-state index < -0.39 is 24.2 Å². The molecule has 2 amide bonds. The molecule has 2 aromatic carbocycles. The third-order valence-electron chi connectivity index (χ3n) is 3.53. The van der Waals surface area contributed by atoms with Crippen molar-refractivity contribution in [2.24, 2.45) is 5.73 Å². The summed E-state index contributed by atoms with van der Waals surface area (Å²) < 4.78 is 42.4. The van der Waals surface area contributed by atoms with Crippen molar-refractivity contribution in [3.05, 3.63) is 66.0 Å². The maximum Gasteiger partial charge on any atom is 0.387 e. The first-order valence-electron chi connectivity index (χ1n) is 7.94. The Balaban J connectivity index is 2.23. The van der Waals surface area contributed by atoms with Crippen LogP contribution in [0.25, 0.3) is 6.08 Å². The van der Waals surface area contributed by atoms with E-state index in [1.54, 1.807) is 6.07 Å². The summed E-state index contributed by atoms with van der Waals surface area (Å²) in [4.78, 5) is 24.8. The first-order valence-corrected chi connectivity index (χ1v) is 7.94. The smallest absolute Gasteiger partial charge is 0.387 e. The van der Waals surface area contributed by atoms with Crippen molar-refractivity contribution in [2.75, 3.05) is 11.4 Å². The van der Waals surface area contributed by atoms with E-state index in [-0.39, 0.29) is 24.3 Å². The molecule has 0 unspecified atom stereocenters. The van der Waals surface area contributed by atoms with Crippen LogP contribution in [-0.2, 0) is 9.59 Å². The van der Waals surface area contributed by atoms with Crippen LogP contribution in [0.5, 0.6) is 5.75 Å². The van der Waals surface area contributed by atoms with E-state index in [0.29, 0.717) is 5.69 Å². The van der Waals surface area contributed by atoms with Gasteiger partial charge in [0.15, 0.2) is 0 Å². The quantitative estimate of drug-likeness (QED) is 0.716. The summed E-state index contributed by atoms with van der Waals surface area (Å²) in [6.45, 7) is -3.01. The molecule has 0 spiro atoms. The molecule has 0 aliphatic heterocycles. The van der Waals surface area contributed by atoms with Crippen molar-refractivity contribution < 1.29 is 27.5 Å². The predicted molar refractivity (Wildman–Crippen MR) is 94.7 cm³/mol. The van der Waals surface area contributed by atoms with Gasteiger partial charge in [-0.3, -0.25) is 9.59 Å². The molecule has 0 bridgehead atoms. The van der Waals surface area contributed by atoms with E-state index >= 15 is 0 Å². The average Bonchev–Trinajstić information content (AvgIpc) is 2.62. The number of nitrogens with zero attached hydrogens (tertiary/aromatic N) is 1. The number of hydrogen-bond acceptors (Lipinski definition) is 3. The summed E-state index contributed by atoms with van der Waals surface area (Å²) in [6.07, 6.45) is 2.38. The molecule has 2 rings (SSSR count). The van der Waals surface area contributed by atoms with E-state index in [4.69, 9.17) is 5.73 Å². The van der Waals surface area contributed by atoms with Gasteiger partial charge in [0, 0.05) is 30.3 Å². The van der Waals surface area contributed by atoms with Crippen LogP contribution < -0.4 is 15.4 Å². The maximum absolute atomic E-state index is 13.1. The SMILES string of the molecule is NC(=O)CCN(C(=O)/C=C/c1ccccc1OC(F)F)c1ccc(F)cc1. The first-order chi connectivity index (χ1) is 12.9. The second-order valence-corrected chi connectivity index (χ2v) is 5.43. The third-order valence-corrected chi connectivity index (χ3v) is 3.53. The Bertz CT molecular complexity index is 823. The molecule has 0 aliphatic carbocycles. The maximum atomic E-state index is 13.1. The first kappa shape index (κ1) is 20.0. The van der Waals surface area contributed by atoms with Crippen LogP contribution in [0, 0.1) is 5.82 Å². The zero-order valence-electron chi connectivity index (χ0n) is 14.1. The highest BCUT2D eigenvalue weighted by Crippen LogP contribution is 2.22. The molecular formula is C19H17F3N2O3. The molecule has 0 radical (unpaired) electrons. The highest BCUT2D eigenvalue weighted by molar-refractivity contribution is 6.04. The number of benzene rings is 2. The molecule has 8 heteroatoms. The Kier molecular flexibility index (Phi) is 6.99. The molecule has 0 fully saturated rings. The summed E-state index contributed by atoms with van der Waals surface area (Å²) in [6, 6.07) is 11.1. The number of nitrogens with two attached hydrogens (primary N) is 1. The number of rotatable bonds is 8. The fraction of sp³-hybridized carbons (Fsp3) is 0.158. The monoisotopic (exact) mass is 378 g/mol. The molecule has 2 aromatic rings. The number of para-hydroxylation sites is 1. The summed E-state index contributed by atoms with van der Waals surface area (Å²) >= 11 is 0. The third kappa shape index (κ3) is 6.18. The van der Waals surface area contributed by atoms with Crippen molar-refractivity contribution >= 4 is 23.6 Å². The van der Waals surface area contributed by atoms with Gasteiger partial charge in [0.05, 0.1) is 0 Å². The molecule has 0 aromatic heterocycles. The highest BCUT2D eigenvalue weighted by Gasteiger charge is 2.15. The van der Waals surface area contributed by atoms with Crippen molar-refractivity contribution in [2.45, 2.75) is 13.0 Å². The number of alkyl halides is 2. The Morgan fingerprint density at radius 3 is 2.41 bits per heavy atom. The van der Waals surface area contributed by atoms with Gasteiger partial charge in [-0.05, 0) is 36.4 Å². The van der Waals surface area contributed by atoms with Crippen molar-refractivity contribution in [1.82, 2.24) is 0 Å². The highest BCUT2D eigenvalue weighted by atomic mass is 19.3. The second-order valence-electron chi connectivity index (χ2n) is 5.43. The van der Waals surface area contributed by atoms with E-state index in [9.17, 15) is 22.8 Å². The van der Waals surface area contributed by atoms with Gasteiger partial charge in [-0.2, -0.15) is 8.78 Å². The minimum Gasteiger partial charge on any atom is -0.434 e. The minimum atomic E-state index is -3.00. The standard InChI is InChI=1S/C19H17F3N2O3/c20-14-6-8-15(9-7-14)24(12-11-17(23)25)18(26)10-5-13-3-1-2-4-16(13)27-19(21)22/h1-10,19H,11-12H2,(H2,23,25)/b10-5+. The van der Waals surface area contributed by atoms with Crippen molar-refractivity contribution in [3.8, 4) is 5.75 Å². The lowest BCUT2D eigenvalue weighted by Gasteiger charge is -2.21. The van der Waals surface area contributed by atoms with Crippen LogP contribution in [0.3, 0.4) is 0 Å². The number of anilines is 1. The van der Waals surface area contributed by atoms with Crippen LogP contribution in [0.15, 0.2) is 54.6 Å². The van der Waals surface area contributed by atoms with Crippen LogP contribution in [0.4, 0.5) is 18.9 Å². The van der Waals surface area contributed by atoms with Gasteiger partial charge in [-0.15, -0.1) is 0 Å². The van der Waals surface area contributed by atoms with Crippen LogP contribution >= 0.6 is 0 Å². The number of hydrogen-bond donors (Lipinski definition) is 1. The molecule has 0 atom stereocenters.